The Morgan fingerprint density at radius 3 is 1.75 bits per heavy atom. The molecule has 0 amide bonds. The maximum Gasteiger partial charge on any atom is 0.123 e. The van der Waals surface area contributed by atoms with Gasteiger partial charge in [-0.3, -0.25) is 0 Å². The fraction of sp³-hybridized carbons (Fsp3) is 0.625. The summed E-state index contributed by atoms with van der Waals surface area (Å²) >= 11 is 0. The van der Waals surface area contributed by atoms with Crippen LogP contribution < -0.4 is 9.47 Å². The molecule has 4 nitrogen and oxygen atoms in total. The minimum Gasteiger partial charge on any atom is -0.491 e. The highest BCUT2D eigenvalue weighted by Crippen LogP contribution is 2.20. The first kappa shape index (κ1) is 16.8. The lowest BCUT2D eigenvalue weighted by atomic mass is 10.2. The van der Waals surface area contributed by atoms with E-state index in [4.69, 9.17) is 9.47 Å². The van der Waals surface area contributed by atoms with E-state index in [1.165, 1.54) is 0 Å². The summed E-state index contributed by atoms with van der Waals surface area (Å²) in [6.07, 6.45) is 2.47. The van der Waals surface area contributed by atoms with Crippen LogP contribution in [-0.4, -0.2) is 35.6 Å². The van der Waals surface area contributed by atoms with Crippen LogP contribution in [0.15, 0.2) is 24.3 Å². The lowest BCUT2D eigenvalue weighted by Crippen LogP contribution is -2.17. The largest absolute Gasteiger partial charge is 0.491 e. The molecule has 0 aliphatic rings. The molecule has 0 saturated heterocycles. The first-order chi connectivity index (χ1) is 9.65. The average Bonchev–Trinajstić information content (AvgIpc) is 2.44. The molecule has 1 aromatic carbocycles. The Kier molecular flexibility index (Phi) is 8.07. The van der Waals surface area contributed by atoms with E-state index >= 15 is 0 Å². The molecule has 20 heavy (non-hydrogen) atoms. The molecule has 0 bridgehead atoms. The number of ether oxygens (including phenoxy) is 2. The summed E-state index contributed by atoms with van der Waals surface area (Å²) in [7, 11) is 0. The van der Waals surface area contributed by atoms with Crippen LogP contribution in [0.3, 0.4) is 0 Å². The van der Waals surface area contributed by atoms with Gasteiger partial charge in [0.2, 0.25) is 0 Å². The molecule has 0 fully saturated rings. The van der Waals surface area contributed by atoms with Crippen LogP contribution in [0.5, 0.6) is 11.5 Å². The van der Waals surface area contributed by atoms with Gasteiger partial charge in [0.25, 0.3) is 0 Å². The van der Waals surface area contributed by atoms with Crippen molar-refractivity contribution < 1.29 is 19.7 Å². The minimum absolute atomic E-state index is 0.287. The summed E-state index contributed by atoms with van der Waals surface area (Å²) in [6, 6.07) is 7.27. The highest BCUT2D eigenvalue weighted by atomic mass is 16.5. The number of rotatable bonds is 10. The third kappa shape index (κ3) is 6.78. The lowest BCUT2D eigenvalue weighted by Gasteiger charge is -2.14. The predicted molar refractivity (Wildman–Crippen MR) is 79.3 cm³/mol. The molecule has 0 saturated carbocycles. The second-order valence-electron chi connectivity index (χ2n) is 4.98. The molecule has 0 aliphatic heterocycles. The van der Waals surface area contributed by atoms with Crippen molar-refractivity contribution in [2.75, 3.05) is 13.2 Å². The topological polar surface area (TPSA) is 58.9 Å². The summed E-state index contributed by atoms with van der Waals surface area (Å²) < 4.78 is 11.0. The molecule has 2 atom stereocenters. The van der Waals surface area contributed by atoms with Crippen molar-refractivity contribution in [3.8, 4) is 11.5 Å². The second kappa shape index (κ2) is 9.61. The fourth-order valence-corrected chi connectivity index (χ4v) is 1.87. The smallest absolute Gasteiger partial charge is 0.123 e. The van der Waals surface area contributed by atoms with Crippen molar-refractivity contribution in [2.24, 2.45) is 0 Å². The molecule has 2 N–H and O–H groups in total. The average molecular weight is 282 g/mol. The van der Waals surface area contributed by atoms with Gasteiger partial charge in [-0.25, -0.2) is 0 Å². The first-order valence-corrected chi connectivity index (χ1v) is 7.37. The van der Waals surface area contributed by atoms with Crippen LogP contribution in [0.2, 0.25) is 0 Å². The molecule has 0 aromatic heterocycles. The van der Waals surface area contributed by atoms with Crippen LogP contribution in [-0.2, 0) is 0 Å². The molecule has 114 valence electrons. The van der Waals surface area contributed by atoms with E-state index in [2.05, 4.69) is 0 Å². The van der Waals surface area contributed by atoms with Gasteiger partial charge in [-0.15, -0.1) is 0 Å². The van der Waals surface area contributed by atoms with Crippen molar-refractivity contribution in [3.63, 3.8) is 0 Å². The zero-order chi connectivity index (χ0) is 14.8. The molecule has 4 heteroatoms. The van der Waals surface area contributed by atoms with Crippen LogP contribution >= 0.6 is 0 Å². The molecule has 2 unspecified atom stereocenters. The Bertz CT molecular complexity index is 336. The van der Waals surface area contributed by atoms with Gasteiger partial charge in [0, 0.05) is 6.07 Å². The van der Waals surface area contributed by atoms with Gasteiger partial charge in [0.05, 0.1) is 12.2 Å². The van der Waals surface area contributed by atoms with E-state index in [0.29, 0.717) is 11.5 Å². The monoisotopic (exact) mass is 282 g/mol. The van der Waals surface area contributed by atoms with E-state index in [1.807, 2.05) is 32.0 Å². The summed E-state index contributed by atoms with van der Waals surface area (Å²) in [5, 5.41) is 19.3. The van der Waals surface area contributed by atoms with Gasteiger partial charge in [-0.05, 0) is 25.0 Å². The maximum absolute atomic E-state index is 9.63. The van der Waals surface area contributed by atoms with Gasteiger partial charge in [-0.1, -0.05) is 32.8 Å². The molecule has 0 aliphatic carbocycles. The van der Waals surface area contributed by atoms with Gasteiger partial charge >= 0.3 is 0 Å². The van der Waals surface area contributed by atoms with E-state index in [0.717, 1.165) is 25.7 Å². The second-order valence-corrected chi connectivity index (χ2v) is 4.98. The van der Waals surface area contributed by atoms with Crippen molar-refractivity contribution in [2.45, 2.75) is 51.7 Å². The SMILES string of the molecule is CCCC(O)COc1cccc(OCC(O)CCC)c1. The third-order valence-corrected chi connectivity index (χ3v) is 2.93. The highest BCUT2D eigenvalue weighted by molar-refractivity contribution is 5.32. The zero-order valence-corrected chi connectivity index (χ0v) is 12.4. The predicted octanol–water partition coefficient (Wildman–Crippen LogP) is 2.77. The van der Waals surface area contributed by atoms with Crippen LogP contribution in [0, 0.1) is 0 Å². The summed E-state index contributed by atoms with van der Waals surface area (Å²) in [5.41, 5.74) is 0. The lowest BCUT2D eigenvalue weighted by molar-refractivity contribution is 0.0958. The number of aliphatic hydroxyl groups excluding tert-OH is 2. The van der Waals surface area contributed by atoms with Crippen molar-refractivity contribution in [3.05, 3.63) is 24.3 Å². The summed E-state index contributed by atoms with van der Waals surface area (Å²) in [5.74, 6) is 1.34. The molecule has 1 rings (SSSR count). The third-order valence-electron chi connectivity index (χ3n) is 2.93. The van der Waals surface area contributed by atoms with Crippen LogP contribution in [0.1, 0.15) is 39.5 Å². The normalized spacial score (nSPS) is 13.8. The van der Waals surface area contributed by atoms with E-state index in [1.54, 1.807) is 6.07 Å². The molecular formula is C16H26O4. The van der Waals surface area contributed by atoms with E-state index in [-0.39, 0.29) is 13.2 Å². The van der Waals surface area contributed by atoms with Crippen molar-refractivity contribution in [1.29, 1.82) is 0 Å². The van der Waals surface area contributed by atoms with Gasteiger partial charge in [0.1, 0.15) is 24.7 Å². The Labute approximate surface area is 121 Å². The van der Waals surface area contributed by atoms with E-state index in [9.17, 15) is 10.2 Å². The molecule has 0 spiro atoms. The van der Waals surface area contributed by atoms with Crippen molar-refractivity contribution >= 4 is 0 Å². The number of aliphatic hydroxyl groups is 2. The Hall–Kier alpha value is -1.26. The standard InChI is InChI=1S/C16H26O4/c1-3-6-13(17)11-19-15-8-5-9-16(10-15)20-12-14(18)7-4-2/h5,8-10,13-14,17-18H,3-4,6-7,11-12H2,1-2H3. The van der Waals surface area contributed by atoms with E-state index < -0.39 is 12.2 Å². The number of benzene rings is 1. The molecular weight excluding hydrogens is 256 g/mol. The van der Waals surface area contributed by atoms with Crippen LogP contribution in [0.25, 0.3) is 0 Å². The highest BCUT2D eigenvalue weighted by Gasteiger charge is 2.06. The Morgan fingerprint density at radius 1 is 0.900 bits per heavy atom. The summed E-state index contributed by atoms with van der Waals surface area (Å²) in [6.45, 7) is 4.63. The summed E-state index contributed by atoms with van der Waals surface area (Å²) in [4.78, 5) is 0. The zero-order valence-electron chi connectivity index (χ0n) is 12.4. The quantitative estimate of drug-likeness (QED) is 0.693. The Balaban J connectivity index is 2.41. The van der Waals surface area contributed by atoms with Gasteiger partial charge < -0.3 is 19.7 Å². The number of hydrogen-bond donors (Lipinski definition) is 2. The van der Waals surface area contributed by atoms with Gasteiger partial charge in [-0.2, -0.15) is 0 Å². The maximum atomic E-state index is 9.63. The first-order valence-electron chi connectivity index (χ1n) is 7.37. The Morgan fingerprint density at radius 2 is 1.35 bits per heavy atom. The van der Waals surface area contributed by atoms with Gasteiger partial charge in [0.15, 0.2) is 0 Å². The van der Waals surface area contributed by atoms with Crippen LogP contribution in [0.4, 0.5) is 0 Å². The van der Waals surface area contributed by atoms with Crippen molar-refractivity contribution in [1.82, 2.24) is 0 Å². The molecule has 1 aromatic rings. The molecule has 0 heterocycles. The number of hydrogen-bond acceptors (Lipinski definition) is 4. The molecule has 0 radical (unpaired) electrons. The fourth-order valence-electron chi connectivity index (χ4n) is 1.87. The minimum atomic E-state index is -0.434.